The normalized spacial score (nSPS) is 12.8. The Morgan fingerprint density at radius 3 is 2.47 bits per heavy atom. The molecule has 0 saturated carbocycles. The second kappa shape index (κ2) is 8.27. The summed E-state index contributed by atoms with van der Waals surface area (Å²) in [6.45, 7) is 3.12. The monoisotopic (exact) mass is 240 g/mol. The molecule has 0 aromatic carbocycles. The lowest BCUT2D eigenvalue weighted by molar-refractivity contribution is -0.145. The van der Waals surface area contributed by atoms with Crippen LogP contribution in [-0.2, 0) is 19.1 Å². The van der Waals surface area contributed by atoms with E-state index in [2.05, 4.69) is 4.74 Å². The third-order valence-electron chi connectivity index (χ3n) is 1.87. The van der Waals surface area contributed by atoms with Gasteiger partial charge < -0.3 is 9.84 Å². The van der Waals surface area contributed by atoms with Gasteiger partial charge in [0.1, 0.15) is 18.4 Å². The van der Waals surface area contributed by atoms with E-state index in [0.717, 1.165) is 12.3 Å². The maximum Gasteiger partial charge on any atom is 0.325 e. The van der Waals surface area contributed by atoms with Gasteiger partial charge in [0.2, 0.25) is 0 Å². The number of ketones is 2. The van der Waals surface area contributed by atoms with E-state index in [9.17, 15) is 14.4 Å². The predicted octanol–water partition coefficient (Wildman–Crippen LogP) is 1.69. The van der Waals surface area contributed by atoms with Crippen molar-refractivity contribution >= 4 is 17.5 Å². The maximum absolute atomic E-state index is 11.6. The molecule has 0 bridgehead atoms. The van der Waals surface area contributed by atoms with Gasteiger partial charge in [-0.05, 0) is 19.4 Å². The van der Waals surface area contributed by atoms with Gasteiger partial charge in [0.25, 0.3) is 0 Å². The molecule has 0 amide bonds. The van der Waals surface area contributed by atoms with E-state index in [0.29, 0.717) is 12.7 Å². The van der Waals surface area contributed by atoms with E-state index in [4.69, 9.17) is 5.11 Å². The Bertz CT molecular complexity index is 341. The van der Waals surface area contributed by atoms with E-state index in [1.807, 2.05) is 6.92 Å². The molecule has 0 heterocycles. The van der Waals surface area contributed by atoms with Crippen LogP contribution in [0, 0.1) is 5.92 Å². The standard InChI is InChI=1S/C12H16O5/c1-3-4-11(15)10(6-5-9(2)14)12(16)17-8-7-13/h5-8,10,13H,3-4H2,1-2H3. The van der Waals surface area contributed by atoms with Gasteiger partial charge in [-0.25, -0.2) is 0 Å². The molecular formula is C12H16O5. The molecule has 17 heavy (non-hydrogen) atoms. The van der Waals surface area contributed by atoms with Crippen LogP contribution in [0.1, 0.15) is 26.7 Å². The number of aliphatic hydroxyl groups excluding tert-OH is 1. The number of rotatable bonds is 7. The third kappa shape index (κ3) is 6.29. The van der Waals surface area contributed by atoms with Crippen LogP contribution in [0.15, 0.2) is 24.7 Å². The lowest BCUT2D eigenvalue weighted by Gasteiger charge is -2.08. The van der Waals surface area contributed by atoms with Crippen molar-refractivity contribution in [2.45, 2.75) is 26.7 Å². The highest BCUT2D eigenvalue weighted by atomic mass is 16.5. The fourth-order valence-corrected chi connectivity index (χ4v) is 1.12. The summed E-state index contributed by atoms with van der Waals surface area (Å²) < 4.78 is 4.50. The number of Topliss-reactive ketones (excluding diaryl/α,β-unsaturated/α-hetero) is 1. The Labute approximate surface area is 99.8 Å². The molecule has 5 heteroatoms. The van der Waals surface area contributed by atoms with Gasteiger partial charge >= 0.3 is 5.97 Å². The van der Waals surface area contributed by atoms with Gasteiger partial charge in [0.05, 0.1) is 0 Å². The lowest BCUT2D eigenvalue weighted by atomic mass is 10.00. The molecule has 1 atom stereocenters. The maximum atomic E-state index is 11.6. The summed E-state index contributed by atoms with van der Waals surface area (Å²) in [6, 6.07) is 0. The molecular weight excluding hydrogens is 224 g/mol. The van der Waals surface area contributed by atoms with E-state index in [1.54, 1.807) is 0 Å². The molecule has 0 aromatic heterocycles. The highest BCUT2D eigenvalue weighted by Crippen LogP contribution is 2.09. The van der Waals surface area contributed by atoms with Gasteiger partial charge in [-0.15, -0.1) is 0 Å². The summed E-state index contributed by atoms with van der Waals surface area (Å²) in [7, 11) is 0. The smallest absolute Gasteiger partial charge is 0.325 e. The van der Waals surface area contributed by atoms with Gasteiger partial charge in [-0.2, -0.15) is 0 Å². The van der Waals surface area contributed by atoms with E-state index in [1.165, 1.54) is 13.0 Å². The molecule has 94 valence electrons. The van der Waals surface area contributed by atoms with Crippen molar-refractivity contribution in [2.24, 2.45) is 5.92 Å². The van der Waals surface area contributed by atoms with Crippen molar-refractivity contribution < 1.29 is 24.2 Å². The van der Waals surface area contributed by atoms with Gasteiger partial charge in [-0.3, -0.25) is 14.4 Å². The second-order valence-electron chi connectivity index (χ2n) is 3.39. The van der Waals surface area contributed by atoms with Crippen molar-refractivity contribution in [2.75, 3.05) is 0 Å². The fourth-order valence-electron chi connectivity index (χ4n) is 1.12. The first-order chi connectivity index (χ1) is 8.02. The van der Waals surface area contributed by atoms with E-state index >= 15 is 0 Å². The van der Waals surface area contributed by atoms with Gasteiger partial charge in [0, 0.05) is 6.42 Å². The van der Waals surface area contributed by atoms with Crippen LogP contribution < -0.4 is 0 Å². The molecule has 0 saturated heterocycles. The molecule has 0 aliphatic rings. The Morgan fingerprint density at radius 2 is 2.00 bits per heavy atom. The van der Waals surface area contributed by atoms with Gasteiger partial charge in [-0.1, -0.05) is 13.0 Å². The van der Waals surface area contributed by atoms with Crippen molar-refractivity contribution in [3.05, 3.63) is 24.7 Å². The van der Waals surface area contributed by atoms with Crippen LogP contribution in [-0.4, -0.2) is 22.6 Å². The number of esters is 1. The average molecular weight is 240 g/mol. The zero-order valence-electron chi connectivity index (χ0n) is 9.88. The minimum Gasteiger partial charge on any atom is -0.512 e. The van der Waals surface area contributed by atoms with E-state index < -0.39 is 11.9 Å². The number of aliphatic hydroxyl groups is 1. The minimum atomic E-state index is -1.10. The highest BCUT2D eigenvalue weighted by molar-refractivity contribution is 6.02. The highest BCUT2D eigenvalue weighted by Gasteiger charge is 2.24. The zero-order valence-corrected chi connectivity index (χ0v) is 9.88. The number of carbonyl (C=O) groups is 3. The van der Waals surface area contributed by atoms with Crippen LogP contribution in [0.25, 0.3) is 0 Å². The Kier molecular flexibility index (Phi) is 7.34. The summed E-state index contributed by atoms with van der Waals surface area (Å²) in [5, 5.41) is 8.34. The van der Waals surface area contributed by atoms with Crippen molar-refractivity contribution in [1.29, 1.82) is 0 Å². The minimum absolute atomic E-state index is 0.227. The molecule has 0 radical (unpaired) electrons. The SMILES string of the molecule is CCCC(=O)C(C=CC(C)=O)C(=O)OC=CO. The van der Waals surface area contributed by atoms with Crippen LogP contribution in [0.2, 0.25) is 0 Å². The summed E-state index contributed by atoms with van der Waals surface area (Å²) in [5.74, 6) is -2.49. The third-order valence-corrected chi connectivity index (χ3v) is 1.87. The second-order valence-corrected chi connectivity index (χ2v) is 3.39. The summed E-state index contributed by atoms with van der Waals surface area (Å²) in [5.41, 5.74) is 0. The van der Waals surface area contributed by atoms with Crippen LogP contribution in [0.4, 0.5) is 0 Å². The first kappa shape index (κ1) is 15.1. The molecule has 0 spiro atoms. The molecule has 0 aromatic rings. The quantitative estimate of drug-likeness (QED) is 0.317. The number of carbonyl (C=O) groups excluding carboxylic acids is 3. The van der Waals surface area contributed by atoms with Crippen molar-refractivity contribution in [3.8, 4) is 0 Å². The Morgan fingerprint density at radius 1 is 1.35 bits per heavy atom. The first-order valence-electron chi connectivity index (χ1n) is 5.24. The molecule has 0 aliphatic heterocycles. The Hall–Kier alpha value is -1.91. The molecule has 5 nitrogen and oxygen atoms in total. The molecule has 1 unspecified atom stereocenters. The van der Waals surface area contributed by atoms with Crippen LogP contribution in [0.5, 0.6) is 0 Å². The number of hydrogen-bond donors (Lipinski definition) is 1. The molecule has 0 rings (SSSR count). The van der Waals surface area contributed by atoms with E-state index in [-0.39, 0.29) is 18.0 Å². The van der Waals surface area contributed by atoms with Crippen LogP contribution in [0.3, 0.4) is 0 Å². The fraction of sp³-hybridized carbons (Fsp3) is 0.417. The Balaban J connectivity index is 4.77. The predicted molar refractivity (Wildman–Crippen MR) is 61.1 cm³/mol. The van der Waals surface area contributed by atoms with Crippen LogP contribution >= 0.6 is 0 Å². The average Bonchev–Trinajstić information content (AvgIpc) is 2.26. The zero-order chi connectivity index (χ0) is 13.3. The van der Waals surface area contributed by atoms with Crippen molar-refractivity contribution in [3.63, 3.8) is 0 Å². The van der Waals surface area contributed by atoms with Gasteiger partial charge in [0.15, 0.2) is 11.6 Å². The number of ether oxygens (including phenoxy) is 1. The summed E-state index contributed by atoms with van der Waals surface area (Å²) >= 11 is 0. The summed E-state index contributed by atoms with van der Waals surface area (Å²) in [4.78, 5) is 33.8. The first-order valence-corrected chi connectivity index (χ1v) is 5.24. The molecule has 0 fully saturated rings. The molecule has 0 aliphatic carbocycles. The summed E-state index contributed by atoms with van der Waals surface area (Å²) in [6.07, 6.45) is 4.53. The van der Waals surface area contributed by atoms with Crippen molar-refractivity contribution in [1.82, 2.24) is 0 Å². The largest absolute Gasteiger partial charge is 0.512 e. The molecule has 1 N–H and O–H groups in total. The number of hydrogen-bond acceptors (Lipinski definition) is 5. The lowest BCUT2D eigenvalue weighted by Crippen LogP contribution is -2.23. The topological polar surface area (TPSA) is 80.7 Å². The number of allylic oxidation sites excluding steroid dienone is 1.